The van der Waals surface area contributed by atoms with Crippen molar-refractivity contribution in [1.82, 2.24) is 4.90 Å². The summed E-state index contributed by atoms with van der Waals surface area (Å²) in [6.45, 7) is 4.83. The fourth-order valence-electron chi connectivity index (χ4n) is 3.47. The van der Waals surface area contributed by atoms with E-state index in [1.165, 1.54) is 12.1 Å². The molecule has 0 radical (unpaired) electrons. The lowest BCUT2D eigenvalue weighted by atomic mass is 10.1. The number of aliphatic hydroxyl groups excluding tert-OH is 1. The van der Waals surface area contributed by atoms with Gasteiger partial charge in [0.05, 0.1) is 31.5 Å². The van der Waals surface area contributed by atoms with Gasteiger partial charge in [0, 0.05) is 19.6 Å². The summed E-state index contributed by atoms with van der Waals surface area (Å²) in [5.41, 5.74) is 1.96. The van der Waals surface area contributed by atoms with Gasteiger partial charge in [-0.05, 0) is 29.7 Å². The molecule has 1 heterocycles. The second-order valence-electron chi connectivity index (χ2n) is 6.97. The smallest absolute Gasteiger partial charge is 0.123 e. The van der Waals surface area contributed by atoms with Crippen molar-refractivity contribution in [2.24, 2.45) is 0 Å². The zero-order valence-electron chi connectivity index (χ0n) is 15.8. The number of β-amino-alcohol motifs (C(OH)–C–C–N with tert-alkyl or cyclic N) is 1. The van der Waals surface area contributed by atoms with Crippen LogP contribution in [0.4, 0.5) is 4.39 Å². The van der Waals surface area contributed by atoms with Crippen molar-refractivity contribution in [3.05, 3.63) is 71.5 Å². The maximum Gasteiger partial charge on any atom is 0.123 e. The Kier molecular flexibility index (Phi) is 7.35. The van der Waals surface area contributed by atoms with E-state index in [0.717, 1.165) is 24.1 Å². The molecule has 146 valence electrons. The van der Waals surface area contributed by atoms with Crippen LogP contribution in [0.25, 0.3) is 0 Å². The zero-order valence-corrected chi connectivity index (χ0v) is 15.8. The van der Waals surface area contributed by atoms with Crippen LogP contribution in [0.2, 0.25) is 0 Å². The van der Waals surface area contributed by atoms with Crippen molar-refractivity contribution in [2.45, 2.75) is 31.7 Å². The molecule has 0 amide bonds. The summed E-state index contributed by atoms with van der Waals surface area (Å²) in [5.74, 6) is -0.256. The first kappa shape index (κ1) is 20.0. The van der Waals surface area contributed by atoms with Gasteiger partial charge in [-0.25, -0.2) is 4.39 Å². The van der Waals surface area contributed by atoms with Crippen LogP contribution < -0.4 is 0 Å². The molecule has 1 fully saturated rings. The summed E-state index contributed by atoms with van der Waals surface area (Å²) in [5, 5.41) is 10.4. The Morgan fingerprint density at radius 1 is 1.22 bits per heavy atom. The number of ether oxygens (including phenoxy) is 2. The van der Waals surface area contributed by atoms with Crippen molar-refractivity contribution in [3.63, 3.8) is 0 Å². The molecule has 0 aliphatic carbocycles. The molecule has 1 aliphatic rings. The lowest BCUT2D eigenvalue weighted by molar-refractivity contribution is -0.0616. The van der Waals surface area contributed by atoms with Crippen molar-refractivity contribution >= 4 is 0 Å². The van der Waals surface area contributed by atoms with Gasteiger partial charge in [0.1, 0.15) is 5.82 Å². The Labute approximate surface area is 160 Å². The van der Waals surface area contributed by atoms with Gasteiger partial charge in [0.25, 0.3) is 0 Å². The lowest BCUT2D eigenvalue weighted by Gasteiger charge is -2.34. The van der Waals surface area contributed by atoms with Crippen LogP contribution in [0.3, 0.4) is 0 Å². The standard InChI is InChI=1S/C22H28FNO3/c1-2-21(17-7-4-3-5-8-17)27-16-20(25)14-24-11-12-26-22(15-24)18-9-6-10-19(23)13-18/h3-10,13,20-22,25H,2,11-12,14-16H2,1H3. The van der Waals surface area contributed by atoms with Gasteiger partial charge in [-0.15, -0.1) is 0 Å². The van der Waals surface area contributed by atoms with Crippen molar-refractivity contribution in [3.8, 4) is 0 Å². The highest BCUT2D eigenvalue weighted by Crippen LogP contribution is 2.24. The van der Waals surface area contributed by atoms with Gasteiger partial charge in [-0.1, -0.05) is 49.4 Å². The molecule has 4 nitrogen and oxygen atoms in total. The van der Waals surface area contributed by atoms with Crippen molar-refractivity contribution in [2.75, 3.05) is 32.8 Å². The molecular formula is C22H28FNO3. The number of benzene rings is 2. The fourth-order valence-corrected chi connectivity index (χ4v) is 3.47. The second kappa shape index (κ2) is 9.95. The molecule has 2 aromatic rings. The maximum atomic E-state index is 13.5. The Bertz CT molecular complexity index is 697. The summed E-state index contributed by atoms with van der Waals surface area (Å²) in [6, 6.07) is 16.6. The molecule has 1 saturated heterocycles. The highest BCUT2D eigenvalue weighted by molar-refractivity contribution is 5.20. The molecule has 3 unspecified atom stereocenters. The first-order chi connectivity index (χ1) is 13.2. The summed E-state index contributed by atoms with van der Waals surface area (Å²) < 4.78 is 25.2. The number of morpholine rings is 1. The highest BCUT2D eigenvalue weighted by atomic mass is 19.1. The minimum absolute atomic E-state index is 0.00872. The second-order valence-corrected chi connectivity index (χ2v) is 6.97. The SMILES string of the molecule is CCC(OCC(O)CN1CCOC(c2cccc(F)c2)C1)c1ccccc1. The Morgan fingerprint density at radius 3 is 2.78 bits per heavy atom. The number of aliphatic hydroxyl groups is 1. The van der Waals surface area contributed by atoms with E-state index in [9.17, 15) is 9.50 Å². The summed E-state index contributed by atoms with van der Waals surface area (Å²) in [7, 11) is 0. The maximum absolute atomic E-state index is 13.5. The molecule has 3 rings (SSSR count). The third-order valence-corrected chi connectivity index (χ3v) is 4.87. The first-order valence-electron chi connectivity index (χ1n) is 9.59. The molecule has 0 bridgehead atoms. The average Bonchev–Trinajstić information content (AvgIpc) is 2.69. The van der Waals surface area contributed by atoms with Crippen LogP contribution in [0.15, 0.2) is 54.6 Å². The Balaban J connectivity index is 1.49. The van der Waals surface area contributed by atoms with E-state index in [-0.39, 0.29) is 24.6 Å². The van der Waals surface area contributed by atoms with E-state index in [0.29, 0.717) is 19.7 Å². The molecule has 5 heteroatoms. The minimum atomic E-state index is -0.575. The van der Waals surface area contributed by atoms with Crippen molar-refractivity contribution in [1.29, 1.82) is 0 Å². The number of hydrogen-bond acceptors (Lipinski definition) is 4. The summed E-state index contributed by atoms with van der Waals surface area (Å²) >= 11 is 0. The number of nitrogens with zero attached hydrogens (tertiary/aromatic N) is 1. The van der Waals surface area contributed by atoms with Gasteiger partial charge in [0.2, 0.25) is 0 Å². The largest absolute Gasteiger partial charge is 0.389 e. The molecule has 0 spiro atoms. The predicted molar refractivity (Wildman–Crippen MR) is 103 cm³/mol. The topological polar surface area (TPSA) is 41.9 Å². The fraction of sp³-hybridized carbons (Fsp3) is 0.455. The average molecular weight is 373 g/mol. The molecule has 2 aromatic carbocycles. The van der Waals surface area contributed by atoms with E-state index in [2.05, 4.69) is 11.8 Å². The van der Waals surface area contributed by atoms with Crippen LogP contribution in [0.1, 0.15) is 36.7 Å². The third-order valence-electron chi connectivity index (χ3n) is 4.87. The monoisotopic (exact) mass is 373 g/mol. The molecule has 0 aromatic heterocycles. The Morgan fingerprint density at radius 2 is 2.04 bits per heavy atom. The number of rotatable bonds is 8. The number of halogens is 1. The van der Waals surface area contributed by atoms with Crippen LogP contribution in [-0.4, -0.2) is 49.0 Å². The normalized spacial score (nSPS) is 20.3. The Hall–Kier alpha value is -1.79. The lowest BCUT2D eigenvalue weighted by Crippen LogP contribution is -2.43. The van der Waals surface area contributed by atoms with Gasteiger partial charge < -0.3 is 14.6 Å². The molecular weight excluding hydrogens is 345 g/mol. The molecule has 0 saturated carbocycles. The first-order valence-corrected chi connectivity index (χ1v) is 9.59. The molecule has 3 atom stereocenters. The molecule has 1 N–H and O–H groups in total. The summed E-state index contributed by atoms with van der Waals surface area (Å²) in [4.78, 5) is 2.15. The van der Waals surface area contributed by atoms with E-state index in [1.807, 2.05) is 36.4 Å². The van der Waals surface area contributed by atoms with Crippen molar-refractivity contribution < 1.29 is 19.0 Å². The van der Waals surface area contributed by atoms with E-state index in [1.54, 1.807) is 6.07 Å². The minimum Gasteiger partial charge on any atom is -0.389 e. The van der Waals surface area contributed by atoms with Crippen LogP contribution in [0, 0.1) is 5.82 Å². The number of hydrogen-bond donors (Lipinski definition) is 1. The summed E-state index contributed by atoms with van der Waals surface area (Å²) in [6.07, 6.45) is 0.102. The van der Waals surface area contributed by atoms with Crippen LogP contribution >= 0.6 is 0 Å². The van der Waals surface area contributed by atoms with Crippen LogP contribution in [0.5, 0.6) is 0 Å². The zero-order chi connectivity index (χ0) is 19.1. The van der Waals surface area contributed by atoms with E-state index in [4.69, 9.17) is 9.47 Å². The third kappa shape index (κ3) is 5.84. The molecule has 27 heavy (non-hydrogen) atoms. The van der Waals surface area contributed by atoms with E-state index < -0.39 is 6.10 Å². The van der Waals surface area contributed by atoms with Gasteiger partial charge in [-0.3, -0.25) is 4.90 Å². The van der Waals surface area contributed by atoms with E-state index >= 15 is 0 Å². The van der Waals surface area contributed by atoms with Gasteiger partial charge in [-0.2, -0.15) is 0 Å². The van der Waals surface area contributed by atoms with Gasteiger partial charge >= 0.3 is 0 Å². The highest BCUT2D eigenvalue weighted by Gasteiger charge is 2.24. The predicted octanol–water partition coefficient (Wildman–Crippen LogP) is 3.73. The quantitative estimate of drug-likeness (QED) is 0.766. The van der Waals surface area contributed by atoms with Crippen LogP contribution in [-0.2, 0) is 9.47 Å². The van der Waals surface area contributed by atoms with Gasteiger partial charge in [0.15, 0.2) is 0 Å². The molecule has 1 aliphatic heterocycles.